The predicted molar refractivity (Wildman–Crippen MR) is 84.5 cm³/mol. The number of nitrogens with zero attached hydrogens (tertiary/aromatic N) is 3. The molecule has 0 radical (unpaired) electrons. The fourth-order valence-corrected chi connectivity index (χ4v) is 3.57. The Kier molecular flexibility index (Phi) is 4.19. The molecule has 3 heterocycles. The summed E-state index contributed by atoms with van der Waals surface area (Å²) < 4.78 is 0. The van der Waals surface area contributed by atoms with Crippen LogP contribution in [0, 0.1) is 5.92 Å². The van der Waals surface area contributed by atoms with Gasteiger partial charge in [-0.15, -0.1) is 0 Å². The van der Waals surface area contributed by atoms with Crippen LogP contribution in [0.2, 0.25) is 0 Å². The molecular formula is C17H25N3O2. The molecule has 0 aromatic carbocycles. The number of piperidine rings is 1. The van der Waals surface area contributed by atoms with Gasteiger partial charge in [-0.05, 0) is 37.8 Å². The SMILES string of the molecule is C[C@@H]1CN(C2CCN(C(=O)c3ccncc3)CC2)C[C@]1(C)O. The molecule has 2 aliphatic heterocycles. The maximum absolute atomic E-state index is 12.4. The van der Waals surface area contributed by atoms with Gasteiger partial charge in [0.15, 0.2) is 0 Å². The lowest BCUT2D eigenvalue weighted by Gasteiger charge is -2.37. The average Bonchev–Trinajstić information content (AvgIpc) is 2.81. The fourth-order valence-electron chi connectivity index (χ4n) is 3.57. The zero-order chi connectivity index (χ0) is 15.7. The summed E-state index contributed by atoms with van der Waals surface area (Å²) in [5.41, 5.74) is 0.135. The number of aliphatic hydroxyl groups is 1. The molecule has 3 rings (SSSR count). The van der Waals surface area contributed by atoms with Crippen molar-refractivity contribution in [1.82, 2.24) is 14.8 Å². The van der Waals surface area contributed by atoms with Gasteiger partial charge in [0.2, 0.25) is 0 Å². The minimum absolute atomic E-state index is 0.0997. The molecule has 0 saturated carbocycles. The summed E-state index contributed by atoms with van der Waals surface area (Å²) in [5, 5.41) is 10.3. The summed E-state index contributed by atoms with van der Waals surface area (Å²) in [6, 6.07) is 4.03. The molecule has 2 fully saturated rings. The van der Waals surface area contributed by atoms with Gasteiger partial charge in [0.05, 0.1) is 5.60 Å². The summed E-state index contributed by atoms with van der Waals surface area (Å²) in [6.07, 6.45) is 5.29. The van der Waals surface area contributed by atoms with Gasteiger partial charge >= 0.3 is 0 Å². The maximum Gasteiger partial charge on any atom is 0.253 e. The Morgan fingerprint density at radius 3 is 2.50 bits per heavy atom. The Morgan fingerprint density at radius 1 is 1.32 bits per heavy atom. The quantitative estimate of drug-likeness (QED) is 0.897. The first kappa shape index (κ1) is 15.4. The Morgan fingerprint density at radius 2 is 1.95 bits per heavy atom. The third-order valence-corrected chi connectivity index (χ3v) is 5.29. The Hall–Kier alpha value is -1.46. The van der Waals surface area contributed by atoms with Crippen LogP contribution in [-0.2, 0) is 0 Å². The molecule has 2 aliphatic rings. The van der Waals surface area contributed by atoms with E-state index < -0.39 is 5.60 Å². The van der Waals surface area contributed by atoms with E-state index in [-0.39, 0.29) is 5.91 Å². The van der Waals surface area contributed by atoms with Crippen LogP contribution in [0.3, 0.4) is 0 Å². The van der Waals surface area contributed by atoms with Crippen LogP contribution in [0.5, 0.6) is 0 Å². The van der Waals surface area contributed by atoms with Crippen LogP contribution >= 0.6 is 0 Å². The van der Waals surface area contributed by atoms with Crippen molar-refractivity contribution in [1.29, 1.82) is 0 Å². The van der Waals surface area contributed by atoms with Crippen LogP contribution in [0.1, 0.15) is 37.0 Å². The molecule has 0 aliphatic carbocycles. The van der Waals surface area contributed by atoms with Gasteiger partial charge in [-0.3, -0.25) is 14.7 Å². The molecule has 120 valence electrons. The van der Waals surface area contributed by atoms with Gasteiger partial charge in [-0.2, -0.15) is 0 Å². The van der Waals surface area contributed by atoms with E-state index in [2.05, 4.69) is 16.8 Å². The van der Waals surface area contributed by atoms with E-state index in [9.17, 15) is 9.90 Å². The standard InChI is InChI=1S/C17H25N3O2/c1-13-11-20(12-17(13,2)22)15-5-9-19(10-6-15)16(21)14-3-7-18-8-4-14/h3-4,7-8,13,15,22H,5-6,9-12H2,1-2H3/t13-,17+/m1/s1. The highest BCUT2D eigenvalue weighted by Crippen LogP contribution is 2.31. The van der Waals surface area contributed by atoms with Gasteiger partial charge in [0.25, 0.3) is 5.91 Å². The average molecular weight is 303 g/mol. The number of β-amino-alcohol motifs (C(OH)–C–C–N with tert-alkyl or cyclic N) is 1. The topological polar surface area (TPSA) is 56.7 Å². The van der Waals surface area contributed by atoms with Crippen LogP contribution < -0.4 is 0 Å². The van der Waals surface area contributed by atoms with Gasteiger partial charge in [-0.1, -0.05) is 6.92 Å². The van der Waals surface area contributed by atoms with E-state index in [1.54, 1.807) is 24.5 Å². The van der Waals surface area contributed by atoms with Crippen LogP contribution in [0.15, 0.2) is 24.5 Å². The lowest BCUT2D eigenvalue weighted by Crippen LogP contribution is -2.46. The van der Waals surface area contributed by atoms with Crippen molar-refractivity contribution in [3.05, 3.63) is 30.1 Å². The minimum Gasteiger partial charge on any atom is -0.389 e. The molecule has 0 bridgehead atoms. The van der Waals surface area contributed by atoms with Crippen molar-refractivity contribution in [3.63, 3.8) is 0 Å². The number of pyridine rings is 1. The highest BCUT2D eigenvalue weighted by molar-refractivity contribution is 5.94. The smallest absolute Gasteiger partial charge is 0.253 e. The molecule has 0 unspecified atom stereocenters. The first-order valence-corrected chi connectivity index (χ1v) is 8.13. The third-order valence-electron chi connectivity index (χ3n) is 5.29. The molecular weight excluding hydrogens is 278 g/mol. The largest absolute Gasteiger partial charge is 0.389 e. The van der Waals surface area contributed by atoms with Crippen molar-refractivity contribution in [2.75, 3.05) is 26.2 Å². The second kappa shape index (κ2) is 5.97. The maximum atomic E-state index is 12.4. The van der Waals surface area contributed by atoms with Crippen molar-refractivity contribution in [2.24, 2.45) is 5.92 Å². The van der Waals surface area contributed by atoms with Crippen molar-refractivity contribution in [2.45, 2.75) is 38.3 Å². The normalized spacial score (nSPS) is 30.7. The van der Waals surface area contributed by atoms with Crippen LogP contribution in [-0.4, -0.2) is 63.6 Å². The number of hydrogen-bond donors (Lipinski definition) is 1. The van der Waals surface area contributed by atoms with Crippen molar-refractivity contribution in [3.8, 4) is 0 Å². The summed E-state index contributed by atoms with van der Waals surface area (Å²) in [6.45, 7) is 7.33. The number of carbonyl (C=O) groups excluding carboxylic acids is 1. The third kappa shape index (κ3) is 3.01. The number of aromatic nitrogens is 1. The molecule has 5 nitrogen and oxygen atoms in total. The first-order chi connectivity index (χ1) is 10.5. The second-order valence-corrected chi connectivity index (χ2v) is 6.95. The summed E-state index contributed by atoms with van der Waals surface area (Å²) in [7, 11) is 0. The number of carbonyl (C=O) groups is 1. The van der Waals surface area contributed by atoms with Gasteiger partial charge in [0.1, 0.15) is 0 Å². The summed E-state index contributed by atoms with van der Waals surface area (Å²) in [4.78, 5) is 20.7. The minimum atomic E-state index is -0.579. The van der Waals surface area contributed by atoms with Crippen molar-refractivity contribution < 1.29 is 9.90 Å². The van der Waals surface area contributed by atoms with E-state index in [1.165, 1.54) is 0 Å². The second-order valence-electron chi connectivity index (χ2n) is 6.95. The molecule has 1 aromatic rings. The lowest BCUT2D eigenvalue weighted by molar-refractivity contribution is 0.0292. The predicted octanol–water partition coefficient (Wildman–Crippen LogP) is 1.39. The summed E-state index contributed by atoms with van der Waals surface area (Å²) >= 11 is 0. The zero-order valence-electron chi connectivity index (χ0n) is 13.4. The molecule has 2 saturated heterocycles. The van der Waals surface area contributed by atoms with Gasteiger partial charge < -0.3 is 10.0 Å². The van der Waals surface area contributed by atoms with Crippen molar-refractivity contribution >= 4 is 5.91 Å². The van der Waals surface area contributed by atoms with Gasteiger partial charge in [-0.25, -0.2) is 0 Å². The Labute approximate surface area is 131 Å². The number of rotatable bonds is 2. The highest BCUT2D eigenvalue weighted by Gasteiger charge is 2.41. The van der Waals surface area contributed by atoms with Crippen LogP contribution in [0.25, 0.3) is 0 Å². The number of likely N-dealkylation sites (tertiary alicyclic amines) is 2. The van der Waals surface area contributed by atoms with Crippen LogP contribution in [0.4, 0.5) is 0 Å². The lowest BCUT2D eigenvalue weighted by atomic mass is 9.95. The highest BCUT2D eigenvalue weighted by atomic mass is 16.3. The molecule has 22 heavy (non-hydrogen) atoms. The summed E-state index contributed by atoms with van der Waals surface area (Å²) in [5.74, 6) is 0.409. The molecule has 2 atom stereocenters. The van der Waals surface area contributed by atoms with E-state index in [4.69, 9.17) is 0 Å². The first-order valence-electron chi connectivity index (χ1n) is 8.13. The Bertz CT molecular complexity index is 524. The van der Waals surface area contributed by atoms with E-state index in [1.807, 2.05) is 11.8 Å². The zero-order valence-corrected chi connectivity index (χ0v) is 13.4. The molecule has 1 amide bonds. The monoisotopic (exact) mass is 303 g/mol. The molecule has 1 aromatic heterocycles. The molecule has 0 spiro atoms. The fraction of sp³-hybridized carbons (Fsp3) is 0.647. The van der Waals surface area contributed by atoms with E-state index >= 15 is 0 Å². The molecule has 5 heteroatoms. The number of amides is 1. The van der Waals surface area contributed by atoms with E-state index in [0.29, 0.717) is 17.5 Å². The molecule has 1 N–H and O–H groups in total. The number of hydrogen-bond acceptors (Lipinski definition) is 4. The van der Waals surface area contributed by atoms with Gasteiger partial charge in [0, 0.05) is 50.2 Å². The van der Waals surface area contributed by atoms with E-state index in [0.717, 1.165) is 39.0 Å². The Balaban J connectivity index is 1.56.